The Balaban J connectivity index is 6.47. The van der Waals surface area contributed by atoms with Crippen molar-refractivity contribution in [2.75, 3.05) is 26.2 Å². The number of aliphatic hydroxyl groups is 1. The van der Waals surface area contributed by atoms with Gasteiger partial charge in [-0.15, -0.1) is 0 Å². The van der Waals surface area contributed by atoms with Crippen molar-refractivity contribution in [1.29, 1.82) is 0 Å². The Hall–Kier alpha value is -7.90. The molecule has 0 radical (unpaired) electrons. The minimum absolute atomic E-state index is 0.00200. The third-order valence-electron chi connectivity index (χ3n) is 12.1. The average molecular weight is 1170 g/mol. The van der Waals surface area contributed by atoms with E-state index in [9.17, 15) is 67.7 Å². The maximum Gasteiger partial charge on any atom is 0.326 e. The van der Waals surface area contributed by atoms with Crippen LogP contribution in [0.5, 0.6) is 0 Å². The average Bonchev–Trinajstić information content (AvgIpc) is 3.45. The van der Waals surface area contributed by atoms with Gasteiger partial charge >= 0.3 is 5.97 Å². The van der Waals surface area contributed by atoms with Gasteiger partial charge in [-0.2, -0.15) is 0 Å². The highest BCUT2D eigenvalue weighted by Crippen LogP contribution is 2.12. The number of carbonyl (C=O) groups is 12. The number of carboxylic acids is 1. The van der Waals surface area contributed by atoms with E-state index in [0.717, 1.165) is 0 Å². The summed E-state index contributed by atoms with van der Waals surface area (Å²) in [6.07, 6.45) is -0.507. The van der Waals surface area contributed by atoms with E-state index in [-0.39, 0.29) is 94.8 Å². The largest absolute Gasteiger partial charge is 0.480 e. The summed E-state index contributed by atoms with van der Waals surface area (Å²) in [5.41, 5.74) is 32.7. The second-order valence-electron chi connectivity index (χ2n) is 21.2. The van der Waals surface area contributed by atoms with Crippen molar-refractivity contribution in [3.05, 3.63) is 0 Å². The normalized spacial score (nSPS) is 14.8. The number of aliphatic hydroxyl groups excluding tert-OH is 1. The Morgan fingerprint density at radius 2 is 0.756 bits per heavy atom. The first-order chi connectivity index (χ1) is 38.1. The third kappa shape index (κ3) is 29.5. The zero-order chi connectivity index (χ0) is 63.1. The van der Waals surface area contributed by atoms with Crippen molar-refractivity contribution in [3.63, 3.8) is 0 Å². The first-order valence-electron chi connectivity index (χ1n) is 27.1. The number of hydrogen-bond donors (Lipinski definition) is 18. The molecule has 0 heterocycles. The fourth-order valence-corrected chi connectivity index (χ4v) is 7.67. The molecular weight excluding hydrogens is 1080 g/mol. The van der Waals surface area contributed by atoms with Crippen LogP contribution in [-0.4, -0.2) is 180 Å². The zero-order valence-electron chi connectivity index (χ0n) is 48.7. The predicted octanol–water partition coefficient (Wildman–Crippen LogP) is -6.31. The summed E-state index contributed by atoms with van der Waals surface area (Å²) in [7, 11) is 0. The molecule has 0 aliphatic heterocycles. The molecular formula is C50H92N18O14. The van der Waals surface area contributed by atoms with E-state index in [4.69, 9.17) is 34.4 Å². The van der Waals surface area contributed by atoms with Crippen LogP contribution in [0.4, 0.5) is 0 Å². The Morgan fingerprint density at radius 3 is 1.16 bits per heavy atom. The van der Waals surface area contributed by atoms with Gasteiger partial charge in [0.15, 0.2) is 11.9 Å². The van der Waals surface area contributed by atoms with E-state index in [1.807, 2.05) is 0 Å². The maximum absolute atomic E-state index is 14.2. The summed E-state index contributed by atoms with van der Waals surface area (Å²) in [5, 5.41) is 44.6. The van der Waals surface area contributed by atoms with E-state index < -0.39 is 150 Å². The number of carbonyl (C=O) groups excluding carboxylic acids is 11. The molecule has 466 valence electrons. The van der Waals surface area contributed by atoms with Crippen molar-refractivity contribution in [2.24, 2.45) is 68.1 Å². The first-order valence-corrected chi connectivity index (χ1v) is 27.1. The standard InChI is InChI=1S/C50H92N18O14/c1-23(2)19-32(64-47(80)37(25(5)6)67-36(71)21-51)44(77)63-30(14-12-18-58-50(55)56)42(75)62-29(13-11-17-57-49(53)54)41(74)59-27(9)40(73)66-34(22-69)45(78)68-38(26(7)8)46(79)60-28(10)39(72)61-31(15-16-35(52)70)43(76)65-33(48(81)82)20-24(3)4/h23-34,37-38,69H,11-22,51H2,1-10H3,(H2,52,70)(H,59,74)(H,60,79)(H,61,72)(H,62,75)(H,63,77)(H,64,80)(H,65,76)(H,66,73)(H,67,71)(H,68,78)(H,81,82)(H4,53,54,57)(H4,55,56,58)/t27-,28-,29-,30-,31-,32-,33-,34-,37-,38-/m0/s1. The van der Waals surface area contributed by atoms with Crippen molar-refractivity contribution < 1.29 is 67.7 Å². The molecule has 32 nitrogen and oxygen atoms in total. The molecule has 24 N–H and O–H groups in total. The Labute approximate surface area is 477 Å². The van der Waals surface area contributed by atoms with Gasteiger partial charge in [0.25, 0.3) is 0 Å². The summed E-state index contributed by atoms with van der Waals surface area (Å²) in [6.45, 7) is 14.6. The Bertz CT molecular complexity index is 2240. The topological polar surface area (TPSA) is 546 Å². The summed E-state index contributed by atoms with van der Waals surface area (Å²) in [5.74, 6) is -12.7. The maximum atomic E-state index is 14.2. The fourth-order valence-electron chi connectivity index (χ4n) is 7.67. The van der Waals surface area contributed by atoms with Crippen molar-refractivity contribution in [1.82, 2.24) is 53.2 Å². The van der Waals surface area contributed by atoms with Crippen LogP contribution in [0.2, 0.25) is 0 Å². The Morgan fingerprint density at radius 1 is 0.415 bits per heavy atom. The monoisotopic (exact) mass is 1170 g/mol. The molecule has 0 aliphatic carbocycles. The van der Waals surface area contributed by atoms with Crippen LogP contribution in [-0.2, 0) is 57.5 Å². The first kappa shape index (κ1) is 74.1. The minimum Gasteiger partial charge on any atom is -0.480 e. The molecule has 11 amide bonds. The lowest BCUT2D eigenvalue weighted by atomic mass is 9.99. The number of aliphatic imine (C=N–C) groups is 2. The molecule has 32 heteroatoms. The molecule has 0 aromatic rings. The van der Waals surface area contributed by atoms with Gasteiger partial charge in [0.05, 0.1) is 13.2 Å². The van der Waals surface area contributed by atoms with Crippen LogP contribution < -0.4 is 87.6 Å². The molecule has 82 heavy (non-hydrogen) atoms. The van der Waals surface area contributed by atoms with Gasteiger partial charge in [-0.05, 0) is 82.5 Å². The highest BCUT2D eigenvalue weighted by atomic mass is 16.4. The van der Waals surface area contributed by atoms with Crippen LogP contribution in [0.3, 0.4) is 0 Å². The Kier molecular flexibility index (Phi) is 34.3. The lowest BCUT2D eigenvalue weighted by Gasteiger charge is -2.28. The van der Waals surface area contributed by atoms with Gasteiger partial charge in [-0.25, -0.2) is 4.79 Å². The highest BCUT2D eigenvalue weighted by Gasteiger charge is 2.36. The SMILES string of the molecule is CC(C)C[C@H](NC(=O)[C@H](CCC(N)=O)NC(=O)[C@H](C)NC(=O)[C@@H](NC(=O)[C@H](CO)NC(=O)[C@H](C)NC(=O)[C@H](CCCN=C(N)N)NC(=O)[C@H](CCCN=C(N)N)NC(=O)[C@H](CC(C)C)NC(=O)[C@@H](NC(=O)CN)C(C)C)C(C)C)C(=O)O. The molecule has 0 aromatic heterocycles. The number of primary amides is 1. The van der Waals surface area contributed by atoms with Crippen LogP contribution in [0.25, 0.3) is 0 Å². The van der Waals surface area contributed by atoms with Crippen LogP contribution >= 0.6 is 0 Å². The van der Waals surface area contributed by atoms with Gasteiger partial charge in [0.1, 0.15) is 60.4 Å². The van der Waals surface area contributed by atoms with E-state index in [2.05, 4.69) is 63.2 Å². The summed E-state index contributed by atoms with van der Waals surface area (Å²) in [4.78, 5) is 166. The van der Waals surface area contributed by atoms with Gasteiger partial charge in [0.2, 0.25) is 65.0 Å². The smallest absolute Gasteiger partial charge is 0.326 e. The van der Waals surface area contributed by atoms with Crippen LogP contribution in [0.1, 0.15) is 121 Å². The predicted molar refractivity (Wildman–Crippen MR) is 301 cm³/mol. The van der Waals surface area contributed by atoms with Crippen LogP contribution in [0.15, 0.2) is 9.98 Å². The number of rotatable bonds is 39. The van der Waals surface area contributed by atoms with E-state index in [1.165, 1.54) is 27.7 Å². The second-order valence-corrected chi connectivity index (χ2v) is 21.2. The molecule has 0 spiro atoms. The fraction of sp³-hybridized carbons (Fsp3) is 0.720. The van der Waals surface area contributed by atoms with E-state index >= 15 is 0 Å². The molecule has 0 fully saturated rings. The highest BCUT2D eigenvalue weighted by molar-refractivity contribution is 5.99. The molecule has 0 rings (SSSR count). The van der Waals surface area contributed by atoms with E-state index in [1.54, 1.807) is 41.5 Å². The minimum atomic E-state index is -1.72. The molecule has 0 saturated heterocycles. The quantitative estimate of drug-likeness (QED) is 0.0155. The number of nitrogens with one attached hydrogen (secondary N) is 10. The molecule has 0 aliphatic rings. The van der Waals surface area contributed by atoms with Crippen LogP contribution in [0, 0.1) is 23.7 Å². The van der Waals surface area contributed by atoms with E-state index in [0.29, 0.717) is 0 Å². The third-order valence-corrected chi connectivity index (χ3v) is 12.1. The number of hydrogen-bond acceptors (Lipinski definition) is 16. The molecule has 10 atom stereocenters. The molecule has 0 unspecified atom stereocenters. The van der Waals surface area contributed by atoms with Gasteiger partial charge < -0.3 is 97.8 Å². The van der Waals surface area contributed by atoms with Crippen molar-refractivity contribution in [2.45, 2.75) is 181 Å². The molecule has 0 bridgehead atoms. The summed E-state index contributed by atoms with van der Waals surface area (Å²) >= 11 is 0. The number of carboxylic acid groups (broad SMARTS) is 1. The summed E-state index contributed by atoms with van der Waals surface area (Å²) < 4.78 is 0. The number of guanidine groups is 2. The summed E-state index contributed by atoms with van der Waals surface area (Å²) in [6, 6.07) is -13.8. The van der Waals surface area contributed by atoms with Gasteiger partial charge in [0, 0.05) is 19.5 Å². The lowest BCUT2D eigenvalue weighted by molar-refractivity contribution is -0.143. The number of aliphatic carboxylic acids is 1. The van der Waals surface area contributed by atoms with Crippen molar-refractivity contribution in [3.8, 4) is 0 Å². The molecule has 0 saturated carbocycles. The molecule has 0 aromatic carbocycles. The lowest BCUT2D eigenvalue weighted by Crippen LogP contribution is -2.61. The van der Waals surface area contributed by atoms with Crippen molar-refractivity contribution >= 4 is 82.9 Å². The number of nitrogens with zero attached hydrogens (tertiary/aromatic N) is 2. The van der Waals surface area contributed by atoms with Gasteiger partial charge in [-0.1, -0.05) is 55.4 Å². The zero-order valence-corrected chi connectivity index (χ0v) is 48.7. The number of amides is 11. The van der Waals surface area contributed by atoms with Gasteiger partial charge in [-0.3, -0.25) is 62.7 Å². The second kappa shape index (κ2) is 37.9. The number of nitrogens with two attached hydrogens (primary N) is 6.